The van der Waals surface area contributed by atoms with E-state index in [1.54, 1.807) is 31.4 Å². The Morgan fingerprint density at radius 3 is 2.91 bits per heavy atom. The molecule has 0 radical (unpaired) electrons. The number of aromatic amines is 1. The number of aromatic nitrogens is 1. The van der Waals surface area contributed by atoms with E-state index < -0.39 is 0 Å². The minimum atomic E-state index is -0.125. The molecular weight excluding hydrogens is 290 g/mol. The van der Waals surface area contributed by atoms with Gasteiger partial charge in [-0.2, -0.15) is 0 Å². The lowest BCUT2D eigenvalue weighted by Crippen LogP contribution is -1.97. The second kappa shape index (κ2) is 5.02. The average molecular weight is 305 g/mol. The van der Waals surface area contributed by atoms with E-state index >= 15 is 0 Å². The number of hydrogen-bond donors (Lipinski definition) is 1. The number of nitrogens with one attached hydrogen (secondary N) is 1. The van der Waals surface area contributed by atoms with E-state index in [4.69, 9.17) is 9.47 Å². The van der Waals surface area contributed by atoms with E-state index in [1.807, 2.05) is 25.3 Å². The first-order valence-electron chi connectivity index (χ1n) is 7.36. The quantitative estimate of drug-likeness (QED) is 0.725. The van der Waals surface area contributed by atoms with Crippen LogP contribution in [0.25, 0.3) is 17.0 Å². The number of carbonyl (C=O) groups excluding carboxylic acids is 1. The zero-order valence-electron chi connectivity index (χ0n) is 12.8. The highest BCUT2D eigenvalue weighted by atomic mass is 16.5. The third-order valence-electron chi connectivity index (χ3n) is 4.04. The maximum Gasteiger partial charge on any atom is 0.232 e. The highest BCUT2D eigenvalue weighted by Crippen LogP contribution is 2.39. The molecule has 0 aliphatic carbocycles. The molecule has 2 heterocycles. The van der Waals surface area contributed by atoms with Crippen molar-refractivity contribution in [3.05, 3.63) is 65.0 Å². The third kappa shape index (κ3) is 2.11. The summed E-state index contributed by atoms with van der Waals surface area (Å²) in [7, 11) is 1.56. The van der Waals surface area contributed by atoms with Gasteiger partial charge in [0.1, 0.15) is 0 Å². The Morgan fingerprint density at radius 1 is 1.22 bits per heavy atom. The van der Waals surface area contributed by atoms with E-state index in [9.17, 15) is 4.79 Å². The van der Waals surface area contributed by atoms with Gasteiger partial charge in [0.15, 0.2) is 17.3 Å². The number of Topliss-reactive ketones (excluding diaryl/α,β-unsaturated/α-hetero) is 1. The number of aryl methyl sites for hydroxylation is 1. The first kappa shape index (κ1) is 13.6. The number of para-hydroxylation sites is 1. The second-order valence-electron chi connectivity index (χ2n) is 5.57. The van der Waals surface area contributed by atoms with E-state index in [-0.39, 0.29) is 5.78 Å². The predicted molar refractivity (Wildman–Crippen MR) is 89.0 cm³/mol. The Hall–Kier alpha value is -3.01. The van der Waals surface area contributed by atoms with Crippen LogP contribution in [0.4, 0.5) is 0 Å². The van der Waals surface area contributed by atoms with Gasteiger partial charge in [-0.25, -0.2) is 0 Å². The highest BCUT2D eigenvalue weighted by Gasteiger charge is 2.30. The number of ether oxygens (including phenoxy) is 2. The molecule has 0 saturated carbocycles. The predicted octanol–water partition coefficient (Wildman–Crippen LogP) is 4.10. The van der Waals surface area contributed by atoms with Crippen LogP contribution < -0.4 is 9.47 Å². The third-order valence-corrected chi connectivity index (χ3v) is 4.04. The molecule has 0 spiro atoms. The zero-order valence-corrected chi connectivity index (χ0v) is 12.8. The molecule has 1 aliphatic rings. The van der Waals surface area contributed by atoms with Crippen molar-refractivity contribution in [3.8, 4) is 11.5 Å². The van der Waals surface area contributed by atoms with Crippen LogP contribution >= 0.6 is 0 Å². The molecule has 4 nitrogen and oxygen atoms in total. The minimum Gasteiger partial charge on any atom is -0.493 e. The molecule has 1 aromatic heterocycles. The van der Waals surface area contributed by atoms with Gasteiger partial charge >= 0.3 is 0 Å². The maximum absolute atomic E-state index is 12.5. The van der Waals surface area contributed by atoms with E-state index in [0.29, 0.717) is 22.8 Å². The van der Waals surface area contributed by atoms with Gasteiger partial charge in [-0.15, -0.1) is 0 Å². The van der Waals surface area contributed by atoms with Gasteiger partial charge in [-0.3, -0.25) is 4.79 Å². The van der Waals surface area contributed by atoms with E-state index in [1.165, 1.54) is 5.56 Å². The fraction of sp³-hybridized carbons (Fsp3) is 0.105. The molecule has 2 aromatic carbocycles. The average Bonchev–Trinajstić information content (AvgIpc) is 3.09. The van der Waals surface area contributed by atoms with E-state index in [2.05, 4.69) is 11.1 Å². The van der Waals surface area contributed by atoms with E-state index in [0.717, 1.165) is 16.5 Å². The van der Waals surface area contributed by atoms with Gasteiger partial charge in [0.2, 0.25) is 5.78 Å². The summed E-state index contributed by atoms with van der Waals surface area (Å²) in [5.41, 5.74) is 3.68. The molecule has 1 N–H and O–H groups in total. The SMILES string of the molecule is COc1cccc2c1OC(=Cc1c[nH]c3cc(C)ccc13)C2=O. The summed E-state index contributed by atoms with van der Waals surface area (Å²) in [4.78, 5) is 15.7. The Labute approximate surface area is 133 Å². The van der Waals surface area contributed by atoms with Crippen molar-refractivity contribution in [1.29, 1.82) is 0 Å². The van der Waals surface area contributed by atoms with Gasteiger partial charge < -0.3 is 14.5 Å². The first-order valence-corrected chi connectivity index (χ1v) is 7.36. The molecular formula is C19H15NO3. The largest absolute Gasteiger partial charge is 0.493 e. The summed E-state index contributed by atoms with van der Waals surface area (Å²) in [6.07, 6.45) is 3.66. The van der Waals surface area contributed by atoms with Gasteiger partial charge in [-0.05, 0) is 36.8 Å². The molecule has 0 amide bonds. The molecule has 4 heteroatoms. The lowest BCUT2D eigenvalue weighted by Gasteiger charge is -2.04. The van der Waals surface area contributed by atoms with Gasteiger partial charge in [-0.1, -0.05) is 18.2 Å². The summed E-state index contributed by atoms with van der Waals surface area (Å²) in [6.45, 7) is 2.05. The number of fused-ring (bicyclic) bond motifs is 2. The normalized spacial score (nSPS) is 15.0. The maximum atomic E-state index is 12.5. The molecule has 0 fully saturated rings. The number of carbonyl (C=O) groups is 1. The van der Waals surface area contributed by atoms with Crippen molar-refractivity contribution in [3.63, 3.8) is 0 Å². The van der Waals surface area contributed by atoms with Crippen molar-refractivity contribution in [1.82, 2.24) is 4.98 Å². The first-order chi connectivity index (χ1) is 11.2. The summed E-state index contributed by atoms with van der Waals surface area (Å²) in [5.74, 6) is 1.24. The molecule has 0 bridgehead atoms. The Bertz CT molecular complexity index is 966. The zero-order chi connectivity index (χ0) is 16.0. The summed E-state index contributed by atoms with van der Waals surface area (Å²) < 4.78 is 11.0. The fourth-order valence-corrected chi connectivity index (χ4v) is 2.87. The number of H-pyrrole nitrogens is 1. The summed E-state index contributed by atoms with van der Waals surface area (Å²) in [5, 5.41) is 1.06. The topological polar surface area (TPSA) is 51.3 Å². The van der Waals surface area contributed by atoms with Crippen molar-refractivity contribution in [2.24, 2.45) is 0 Å². The smallest absolute Gasteiger partial charge is 0.232 e. The standard InChI is InChI=1S/C19H15NO3/c1-11-6-7-13-12(10-20-15(13)8-11)9-17-18(21)14-4-3-5-16(22-2)19(14)23-17/h3-10,20H,1-2H3. The van der Waals surface area contributed by atoms with Crippen molar-refractivity contribution >= 4 is 22.8 Å². The number of allylic oxidation sites excluding steroid dienone is 1. The molecule has 3 aromatic rings. The second-order valence-corrected chi connectivity index (χ2v) is 5.57. The monoisotopic (exact) mass is 305 g/mol. The van der Waals surface area contributed by atoms with Gasteiger partial charge in [0.25, 0.3) is 0 Å². The van der Waals surface area contributed by atoms with Crippen molar-refractivity contribution in [2.45, 2.75) is 6.92 Å². The van der Waals surface area contributed by atoms with Crippen LogP contribution in [0, 0.1) is 6.92 Å². The minimum absolute atomic E-state index is 0.125. The van der Waals surface area contributed by atoms with Crippen LogP contribution in [-0.4, -0.2) is 17.9 Å². The van der Waals surface area contributed by atoms with Gasteiger partial charge in [0.05, 0.1) is 12.7 Å². The molecule has 114 valence electrons. The van der Waals surface area contributed by atoms with Crippen molar-refractivity contribution < 1.29 is 14.3 Å². The Kier molecular flexibility index (Phi) is 2.98. The molecule has 1 aliphatic heterocycles. The van der Waals surface area contributed by atoms with Crippen LogP contribution in [0.3, 0.4) is 0 Å². The lowest BCUT2D eigenvalue weighted by atomic mass is 10.1. The van der Waals surface area contributed by atoms with Crippen LogP contribution in [0.2, 0.25) is 0 Å². The van der Waals surface area contributed by atoms with Crippen LogP contribution in [0.1, 0.15) is 21.5 Å². The summed E-state index contributed by atoms with van der Waals surface area (Å²) >= 11 is 0. The number of rotatable bonds is 2. The number of benzene rings is 2. The molecule has 0 atom stereocenters. The molecule has 0 saturated heterocycles. The van der Waals surface area contributed by atoms with Crippen molar-refractivity contribution in [2.75, 3.05) is 7.11 Å². The number of ketones is 1. The Morgan fingerprint density at radius 2 is 2.09 bits per heavy atom. The highest BCUT2D eigenvalue weighted by molar-refractivity contribution is 6.15. The van der Waals surface area contributed by atoms with Gasteiger partial charge in [0, 0.05) is 22.7 Å². The lowest BCUT2D eigenvalue weighted by molar-refractivity contribution is 0.101. The number of hydrogen-bond acceptors (Lipinski definition) is 3. The number of methoxy groups -OCH3 is 1. The Balaban J connectivity index is 1.79. The van der Waals surface area contributed by atoms with Crippen LogP contribution in [0.15, 0.2) is 48.4 Å². The molecule has 4 rings (SSSR count). The van der Waals surface area contributed by atoms with Crippen LogP contribution in [-0.2, 0) is 0 Å². The fourth-order valence-electron chi connectivity index (χ4n) is 2.87. The molecule has 0 unspecified atom stereocenters. The van der Waals surface area contributed by atoms with Crippen LogP contribution in [0.5, 0.6) is 11.5 Å². The molecule has 23 heavy (non-hydrogen) atoms. The summed E-state index contributed by atoms with van der Waals surface area (Å²) in [6, 6.07) is 11.5.